The molecule has 0 aromatic rings. The predicted molar refractivity (Wildman–Crippen MR) is 73.3 cm³/mol. The Balaban J connectivity index is 2.03. The number of ether oxygens (including phenoxy) is 1. The minimum atomic E-state index is -0.321. The Hall–Kier alpha value is -0.860. The first-order chi connectivity index (χ1) is 9.07. The van der Waals surface area contributed by atoms with Crippen LogP contribution in [0.2, 0.25) is 0 Å². The topological polar surface area (TPSA) is 43.4 Å². The summed E-state index contributed by atoms with van der Waals surface area (Å²) in [7, 11) is 0. The van der Waals surface area contributed by atoms with Gasteiger partial charge in [0.2, 0.25) is 0 Å². The Bertz CT molecular complexity index is 333. The number of hydrogen-bond donors (Lipinski definition) is 0. The van der Waals surface area contributed by atoms with E-state index in [4.69, 9.17) is 0 Å². The quantitative estimate of drug-likeness (QED) is 0.338. The molecule has 0 saturated heterocycles. The van der Waals surface area contributed by atoms with Gasteiger partial charge in [0.1, 0.15) is 0 Å². The number of hydrogen-bond acceptors (Lipinski definition) is 3. The molecule has 2 rings (SSSR count). The van der Waals surface area contributed by atoms with E-state index in [2.05, 4.69) is 18.6 Å². The van der Waals surface area contributed by atoms with E-state index in [1.165, 1.54) is 32.1 Å². The van der Waals surface area contributed by atoms with Crippen LogP contribution in [0.4, 0.5) is 0 Å². The zero-order chi connectivity index (χ0) is 13.9. The Kier molecular flexibility index (Phi) is 4.64. The van der Waals surface area contributed by atoms with Gasteiger partial charge in [-0.2, -0.15) is 0 Å². The average molecular weight is 266 g/mol. The Morgan fingerprint density at radius 1 is 1.16 bits per heavy atom. The van der Waals surface area contributed by atoms with Gasteiger partial charge >= 0.3 is 12.4 Å². The van der Waals surface area contributed by atoms with E-state index in [-0.39, 0.29) is 18.4 Å². The van der Waals surface area contributed by atoms with Crippen LogP contribution in [0.15, 0.2) is 0 Å². The molecule has 3 nitrogen and oxygen atoms in total. The summed E-state index contributed by atoms with van der Waals surface area (Å²) < 4.78 is 4.58. The van der Waals surface area contributed by atoms with Crippen molar-refractivity contribution in [1.29, 1.82) is 0 Å². The fraction of sp³-hybridized carbons (Fsp3) is 0.875. The minimum Gasteiger partial charge on any atom is -0.395 e. The maximum atomic E-state index is 11.8. The molecule has 3 unspecified atom stereocenters. The molecule has 0 aliphatic heterocycles. The highest BCUT2D eigenvalue weighted by molar-refractivity contribution is 5.78. The van der Waals surface area contributed by atoms with Crippen LogP contribution >= 0.6 is 0 Å². The average Bonchev–Trinajstić information content (AvgIpc) is 2.87. The van der Waals surface area contributed by atoms with E-state index in [0.717, 1.165) is 25.2 Å². The summed E-state index contributed by atoms with van der Waals surface area (Å²) in [5, 5.41) is 0. The third-order valence-electron chi connectivity index (χ3n) is 5.69. The van der Waals surface area contributed by atoms with Crippen molar-refractivity contribution >= 4 is 12.4 Å². The van der Waals surface area contributed by atoms with Crippen molar-refractivity contribution < 1.29 is 14.3 Å². The van der Waals surface area contributed by atoms with Gasteiger partial charge < -0.3 is 4.74 Å². The summed E-state index contributed by atoms with van der Waals surface area (Å²) in [5.74, 6) is 0.753. The second kappa shape index (κ2) is 6.06. The summed E-state index contributed by atoms with van der Waals surface area (Å²) in [5.41, 5.74) is 0.390. The molecule has 0 radical (unpaired) electrons. The lowest BCUT2D eigenvalue weighted by Crippen LogP contribution is -2.25. The van der Waals surface area contributed by atoms with Crippen molar-refractivity contribution in [3.05, 3.63) is 0 Å². The van der Waals surface area contributed by atoms with Gasteiger partial charge in [-0.3, -0.25) is 9.59 Å². The van der Waals surface area contributed by atoms with Gasteiger partial charge in [-0.25, -0.2) is 0 Å². The number of carbonyl (C=O) groups is 2. The van der Waals surface area contributed by atoms with Gasteiger partial charge in [0.05, 0.1) is 5.92 Å². The van der Waals surface area contributed by atoms with Crippen LogP contribution in [0.1, 0.15) is 65.2 Å². The summed E-state index contributed by atoms with van der Waals surface area (Å²) in [6.45, 7) is 4.80. The van der Waals surface area contributed by atoms with Gasteiger partial charge in [-0.1, -0.05) is 26.7 Å². The lowest BCUT2D eigenvalue weighted by molar-refractivity contribution is -0.156. The molecule has 0 spiro atoms. The van der Waals surface area contributed by atoms with Gasteiger partial charge in [-0.15, -0.1) is 0 Å². The maximum Gasteiger partial charge on any atom is 0.316 e. The Morgan fingerprint density at radius 2 is 1.79 bits per heavy atom. The summed E-state index contributed by atoms with van der Waals surface area (Å²) in [6.07, 6.45) is 9.71. The van der Waals surface area contributed by atoms with Crippen molar-refractivity contribution in [2.75, 3.05) is 0 Å². The monoisotopic (exact) mass is 266 g/mol. The molecule has 19 heavy (non-hydrogen) atoms. The zero-order valence-corrected chi connectivity index (χ0v) is 12.2. The zero-order valence-electron chi connectivity index (χ0n) is 12.2. The predicted octanol–water partition coefficient (Wildman–Crippen LogP) is 3.71. The summed E-state index contributed by atoms with van der Waals surface area (Å²) in [6, 6.07) is 0. The van der Waals surface area contributed by atoms with Gasteiger partial charge in [0, 0.05) is 0 Å². The van der Waals surface area contributed by atoms with Gasteiger partial charge in [0.15, 0.2) is 0 Å². The van der Waals surface area contributed by atoms with Crippen LogP contribution in [0.5, 0.6) is 0 Å². The molecule has 2 fully saturated rings. The highest BCUT2D eigenvalue weighted by Crippen LogP contribution is 2.49. The second-order valence-corrected chi connectivity index (χ2v) is 6.83. The van der Waals surface area contributed by atoms with Crippen LogP contribution in [-0.4, -0.2) is 12.4 Å². The highest BCUT2D eigenvalue weighted by atomic mass is 16.6. The highest BCUT2D eigenvalue weighted by Gasteiger charge is 2.40. The summed E-state index contributed by atoms with van der Waals surface area (Å²) in [4.78, 5) is 22.2. The Morgan fingerprint density at radius 3 is 2.42 bits per heavy atom. The van der Waals surface area contributed by atoms with E-state index in [1.54, 1.807) is 0 Å². The first-order valence-corrected chi connectivity index (χ1v) is 7.71. The molecule has 0 aromatic heterocycles. The smallest absolute Gasteiger partial charge is 0.316 e. The van der Waals surface area contributed by atoms with Crippen LogP contribution < -0.4 is 0 Å². The second-order valence-electron chi connectivity index (χ2n) is 6.83. The Labute approximate surface area is 116 Å². The van der Waals surface area contributed by atoms with Crippen molar-refractivity contribution in [2.45, 2.75) is 65.2 Å². The van der Waals surface area contributed by atoms with E-state index in [9.17, 15) is 9.59 Å². The van der Waals surface area contributed by atoms with Crippen LogP contribution in [-0.2, 0) is 14.3 Å². The normalized spacial score (nSPS) is 36.7. The molecule has 0 amide bonds. The molecule has 2 aliphatic rings. The lowest BCUT2D eigenvalue weighted by Gasteiger charge is -2.35. The maximum absolute atomic E-state index is 11.8. The van der Waals surface area contributed by atoms with Crippen LogP contribution in [0.25, 0.3) is 0 Å². The molecule has 0 bridgehead atoms. The fourth-order valence-electron chi connectivity index (χ4n) is 4.17. The third-order valence-corrected chi connectivity index (χ3v) is 5.69. The molecule has 3 heteroatoms. The molecule has 2 saturated carbocycles. The summed E-state index contributed by atoms with van der Waals surface area (Å²) >= 11 is 0. The molecule has 2 aliphatic carbocycles. The van der Waals surface area contributed by atoms with Gasteiger partial charge in [0.25, 0.3) is 0 Å². The largest absolute Gasteiger partial charge is 0.395 e. The number of esters is 1. The van der Waals surface area contributed by atoms with E-state index in [0.29, 0.717) is 11.3 Å². The molecular weight excluding hydrogens is 240 g/mol. The van der Waals surface area contributed by atoms with Crippen molar-refractivity contribution in [1.82, 2.24) is 0 Å². The molecule has 3 atom stereocenters. The van der Waals surface area contributed by atoms with Crippen LogP contribution in [0, 0.1) is 23.2 Å². The van der Waals surface area contributed by atoms with E-state index in [1.807, 2.05) is 0 Å². The SMILES string of the molecule is CC1CCC(C)(C2CCCC2)CCC1C(=O)OC=O. The first-order valence-electron chi connectivity index (χ1n) is 7.71. The lowest BCUT2D eigenvalue weighted by atomic mass is 9.70. The molecule has 0 aromatic carbocycles. The van der Waals surface area contributed by atoms with Crippen LogP contribution in [0.3, 0.4) is 0 Å². The number of rotatable bonds is 3. The van der Waals surface area contributed by atoms with E-state index >= 15 is 0 Å². The fourth-order valence-corrected chi connectivity index (χ4v) is 4.17. The molecule has 0 heterocycles. The molecular formula is C16H26O3. The molecule has 0 N–H and O–H groups in total. The van der Waals surface area contributed by atoms with Gasteiger partial charge in [-0.05, 0) is 55.8 Å². The standard InChI is InChI=1S/C16H26O3/c1-12-7-9-16(2,13-5-3-4-6-13)10-8-14(12)15(18)19-11-17/h11-14H,3-10H2,1-2H3. The first kappa shape index (κ1) is 14.5. The van der Waals surface area contributed by atoms with E-state index < -0.39 is 0 Å². The van der Waals surface area contributed by atoms with Crippen molar-refractivity contribution in [3.63, 3.8) is 0 Å². The molecule has 108 valence electrons. The van der Waals surface area contributed by atoms with Crippen molar-refractivity contribution in [2.24, 2.45) is 23.2 Å². The third kappa shape index (κ3) is 3.18. The minimum absolute atomic E-state index is 0.0894. The number of carbonyl (C=O) groups excluding carboxylic acids is 2. The van der Waals surface area contributed by atoms with Crippen molar-refractivity contribution in [3.8, 4) is 0 Å².